The number of furan rings is 1. The predicted molar refractivity (Wildman–Crippen MR) is 79.3 cm³/mol. The number of amides is 1. The third-order valence-electron chi connectivity index (χ3n) is 2.84. The lowest BCUT2D eigenvalue weighted by Crippen LogP contribution is -2.41. The first-order chi connectivity index (χ1) is 10.7. The summed E-state index contributed by atoms with van der Waals surface area (Å²) in [7, 11) is -4.25. The Balaban J connectivity index is 2.26. The molecule has 0 radical (unpaired) electrons. The Morgan fingerprint density at radius 1 is 1.39 bits per heavy atom. The number of rotatable bonds is 5. The zero-order valence-electron chi connectivity index (χ0n) is 11.6. The quantitative estimate of drug-likeness (QED) is 0.617. The molecular formula is C12H10ClN3O6S. The number of hydrogen-bond donors (Lipinski definition) is 2. The van der Waals surface area contributed by atoms with Crippen LogP contribution in [-0.4, -0.2) is 19.2 Å². The summed E-state index contributed by atoms with van der Waals surface area (Å²) in [5.74, 6) is -0.938. The molecule has 0 bridgehead atoms. The molecule has 0 spiro atoms. The van der Waals surface area contributed by atoms with Crippen LogP contribution in [0.4, 0.5) is 5.69 Å². The van der Waals surface area contributed by atoms with Crippen LogP contribution in [0.2, 0.25) is 5.02 Å². The first-order valence-corrected chi connectivity index (χ1v) is 7.88. The van der Waals surface area contributed by atoms with Crippen molar-refractivity contribution in [3.63, 3.8) is 0 Å². The summed E-state index contributed by atoms with van der Waals surface area (Å²) in [6.07, 6.45) is 1.24. The number of nitro groups is 1. The van der Waals surface area contributed by atoms with Crippen LogP contribution >= 0.6 is 11.6 Å². The van der Waals surface area contributed by atoms with E-state index in [1.54, 1.807) is 0 Å². The molecule has 2 rings (SSSR count). The first kappa shape index (κ1) is 16.9. The number of benzene rings is 1. The Morgan fingerprint density at radius 3 is 2.65 bits per heavy atom. The normalized spacial score (nSPS) is 11.2. The highest BCUT2D eigenvalue weighted by Gasteiger charge is 2.23. The molecule has 0 atom stereocenters. The third-order valence-corrected chi connectivity index (χ3v) is 4.46. The highest BCUT2D eigenvalue weighted by molar-refractivity contribution is 7.89. The molecule has 2 N–H and O–H groups in total. The average molecular weight is 360 g/mol. The van der Waals surface area contributed by atoms with Gasteiger partial charge in [-0.3, -0.25) is 20.3 Å². The lowest BCUT2D eigenvalue weighted by molar-refractivity contribution is -0.385. The molecule has 11 heteroatoms. The lowest BCUT2D eigenvalue weighted by atomic mass is 10.2. The molecule has 23 heavy (non-hydrogen) atoms. The zero-order chi connectivity index (χ0) is 17.2. The Hall–Kier alpha value is -2.43. The summed E-state index contributed by atoms with van der Waals surface area (Å²) >= 11 is 5.81. The number of hydrogen-bond acceptors (Lipinski definition) is 6. The highest BCUT2D eigenvalue weighted by atomic mass is 35.5. The fourth-order valence-corrected chi connectivity index (χ4v) is 2.79. The zero-order valence-corrected chi connectivity index (χ0v) is 13.1. The van der Waals surface area contributed by atoms with Crippen LogP contribution in [0.1, 0.15) is 16.1 Å². The van der Waals surface area contributed by atoms with Crippen LogP contribution in [0.5, 0.6) is 0 Å². The van der Waals surface area contributed by atoms with Crippen molar-refractivity contribution in [2.45, 2.75) is 11.8 Å². The molecule has 0 unspecified atom stereocenters. The Morgan fingerprint density at radius 2 is 2.09 bits per heavy atom. The van der Waals surface area contributed by atoms with Crippen molar-refractivity contribution in [1.82, 2.24) is 10.3 Å². The van der Waals surface area contributed by atoms with Crippen LogP contribution in [0.15, 0.2) is 39.8 Å². The maximum absolute atomic E-state index is 12.1. The van der Waals surface area contributed by atoms with Crippen molar-refractivity contribution in [3.05, 3.63) is 57.0 Å². The summed E-state index contributed by atoms with van der Waals surface area (Å²) in [5.41, 5.74) is 1.61. The smallest absolute Gasteiger partial charge is 0.301 e. The van der Waals surface area contributed by atoms with Gasteiger partial charge in [0.25, 0.3) is 15.7 Å². The van der Waals surface area contributed by atoms with E-state index in [0.29, 0.717) is 0 Å². The number of nitrogens with zero attached hydrogens (tertiary/aromatic N) is 1. The summed E-state index contributed by atoms with van der Waals surface area (Å²) in [5, 5.41) is 10.8. The van der Waals surface area contributed by atoms with E-state index in [-0.39, 0.29) is 16.3 Å². The van der Waals surface area contributed by atoms with E-state index in [1.165, 1.54) is 25.3 Å². The van der Waals surface area contributed by atoms with Gasteiger partial charge in [-0.15, -0.1) is 4.83 Å². The van der Waals surface area contributed by atoms with Gasteiger partial charge in [0.15, 0.2) is 5.76 Å². The Kier molecular flexibility index (Phi) is 4.68. The summed E-state index contributed by atoms with van der Waals surface area (Å²) in [6, 6.07) is 4.68. The minimum absolute atomic E-state index is 0.0862. The Labute approximate surface area is 135 Å². The molecule has 0 aliphatic rings. The van der Waals surface area contributed by atoms with Crippen molar-refractivity contribution in [2.24, 2.45) is 0 Å². The first-order valence-electron chi connectivity index (χ1n) is 6.02. The fraction of sp³-hybridized carbons (Fsp3) is 0.0833. The molecule has 0 aliphatic carbocycles. The van der Waals surface area contributed by atoms with Gasteiger partial charge in [0, 0.05) is 11.6 Å². The van der Waals surface area contributed by atoms with Gasteiger partial charge in [-0.2, -0.15) is 0 Å². The molecule has 2 aromatic rings. The van der Waals surface area contributed by atoms with Gasteiger partial charge in [0.05, 0.1) is 21.1 Å². The number of nitrogens with one attached hydrogen (secondary N) is 2. The standard InChI is InChI=1S/C12H10ClN3O6S/c1-7-9(13)5-8(6-10(7)16(18)19)23(20,21)15-14-12(17)11-3-2-4-22-11/h2-6,15H,1H3,(H,14,17). The average Bonchev–Trinajstić information content (AvgIpc) is 3.01. The van der Waals surface area contributed by atoms with E-state index in [2.05, 4.69) is 0 Å². The minimum atomic E-state index is -4.25. The Bertz CT molecular complexity index is 863. The van der Waals surface area contributed by atoms with Gasteiger partial charge in [-0.05, 0) is 25.1 Å². The second-order valence-electron chi connectivity index (χ2n) is 4.34. The van der Waals surface area contributed by atoms with E-state index in [1.807, 2.05) is 10.3 Å². The molecule has 122 valence electrons. The van der Waals surface area contributed by atoms with E-state index in [4.69, 9.17) is 16.0 Å². The molecule has 1 amide bonds. The summed E-state index contributed by atoms with van der Waals surface area (Å²) in [4.78, 5) is 23.1. The van der Waals surface area contributed by atoms with Crippen LogP contribution < -0.4 is 10.3 Å². The van der Waals surface area contributed by atoms with E-state index >= 15 is 0 Å². The number of carbonyl (C=O) groups is 1. The summed E-state index contributed by atoms with van der Waals surface area (Å²) in [6.45, 7) is 1.39. The molecule has 9 nitrogen and oxygen atoms in total. The molecule has 0 saturated heterocycles. The lowest BCUT2D eigenvalue weighted by Gasteiger charge is -2.09. The van der Waals surface area contributed by atoms with E-state index in [0.717, 1.165) is 12.1 Å². The van der Waals surface area contributed by atoms with Crippen LogP contribution in [-0.2, 0) is 10.0 Å². The second-order valence-corrected chi connectivity index (χ2v) is 6.43. The number of nitro benzene ring substituents is 1. The molecule has 1 aromatic carbocycles. The van der Waals surface area contributed by atoms with E-state index < -0.39 is 31.4 Å². The second kappa shape index (κ2) is 6.36. The van der Waals surface area contributed by atoms with Gasteiger partial charge in [0.2, 0.25) is 0 Å². The molecule has 1 heterocycles. The van der Waals surface area contributed by atoms with Gasteiger partial charge in [-0.25, -0.2) is 8.42 Å². The number of hydrazine groups is 1. The maximum Gasteiger partial charge on any atom is 0.301 e. The summed E-state index contributed by atoms with van der Waals surface area (Å²) < 4.78 is 29.0. The molecule has 1 aromatic heterocycles. The van der Waals surface area contributed by atoms with Crippen molar-refractivity contribution < 1.29 is 22.6 Å². The SMILES string of the molecule is Cc1c(Cl)cc(S(=O)(=O)NNC(=O)c2ccco2)cc1[N+](=O)[O-]. The fourth-order valence-electron chi connectivity index (χ4n) is 1.63. The van der Waals surface area contributed by atoms with Gasteiger partial charge < -0.3 is 4.42 Å². The largest absolute Gasteiger partial charge is 0.459 e. The highest BCUT2D eigenvalue weighted by Crippen LogP contribution is 2.29. The molecule has 0 fully saturated rings. The van der Waals surface area contributed by atoms with Crippen LogP contribution in [0.25, 0.3) is 0 Å². The number of sulfonamides is 1. The van der Waals surface area contributed by atoms with Crippen LogP contribution in [0.3, 0.4) is 0 Å². The topological polar surface area (TPSA) is 132 Å². The van der Waals surface area contributed by atoms with E-state index in [9.17, 15) is 23.3 Å². The van der Waals surface area contributed by atoms with Gasteiger partial charge in [-0.1, -0.05) is 11.6 Å². The third kappa shape index (κ3) is 3.67. The van der Waals surface area contributed by atoms with Gasteiger partial charge in [0.1, 0.15) is 0 Å². The van der Waals surface area contributed by atoms with Crippen molar-refractivity contribution >= 4 is 33.2 Å². The molecular weight excluding hydrogens is 350 g/mol. The van der Waals surface area contributed by atoms with Crippen molar-refractivity contribution in [2.75, 3.05) is 0 Å². The van der Waals surface area contributed by atoms with Crippen molar-refractivity contribution in [1.29, 1.82) is 0 Å². The number of halogens is 1. The van der Waals surface area contributed by atoms with Gasteiger partial charge >= 0.3 is 5.91 Å². The number of carbonyl (C=O) groups excluding carboxylic acids is 1. The monoisotopic (exact) mass is 359 g/mol. The molecule has 0 saturated carbocycles. The molecule has 0 aliphatic heterocycles. The van der Waals surface area contributed by atoms with Crippen LogP contribution in [0, 0.1) is 17.0 Å². The predicted octanol–water partition coefficient (Wildman–Crippen LogP) is 1.77. The minimum Gasteiger partial charge on any atom is -0.459 e. The van der Waals surface area contributed by atoms with Crippen molar-refractivity contribution in [3.8, 4) is 0 Å². The maximum atomic E-state index is 12.1.